The van der Waals surface area contributed by atoms with Gasteiger partial charge < -0.3 is 9.47 Å². The number of halogens is 3. The van der Waals surface area contributed by atoms with Crippen LogP contribution in [0.5, 0.6) is 11.5 Å². The number of hydrogen-bond donors (Lipinski definition) is 0. The van der Waals surface area contributed by atoms with E-state index in [-0.39, 0.29) is 11.1 Å². The molecule has 0 radical (unpaired) electrons. The van der Waals surface area contributed by atoms with Gasteiger partial charge in [0.2, 0.25) is 0 Å². The lowest BCUT2D eigenvalue weighted by molar-refractivity contribution is -0.137. The lowest BCUT2D eigenvalue weighted by Gasteiger charge is -2.12. The normalized spacial score (nSPS) is 10.9. The summed E-state index contributed by atoms with van der Waals surface area (Å²) in [4.78, 5) is 0. The Morgan fingerprint density at radius 3 is 2.00 bits per heavy atom. The summed E-state index contributed by atoms with van der Waals surface area (Å²) in [5.74, 6) is 0.853. The summed E-state index contributed by atoms with van der Waals surface area (Å²) in [7, 11) is 2.88. The van der Waals surface area contributed by atoms with Gasteiger partial charge >= 0.3 is 6.18 Å². The quantitative estimate of drug-likeness (QED) is 0.851. The van der Waals surface area contributed by atoms with Crippen LogP contribution in [0.1, 0.15) is 11.1 Å². The summed E-state index contributed by atoms with van der Waals surface area (Å²) in [6.07, 6.45) is -4.48. The highest BCUT2D eigenvalue weighted by atomic mass is 19.4. The molecule has 0 heterocycles. The third-order valence-electron chi connectivity index (χ3n) is 3.13. The van der Waals surface area contributed by atoms with Crippen LogP contribution in [0, 0.1) is 11.3 Å². The van der Waals surface area contributed by atoms with E-state index in [9.17, 15) is 13.2 Å². The summed E-state index contributed by atoms with van der Waals surface area (Å²) in [5, 5.41) is 9.13. The fourth-order valence-electron chi connectivity index (χ4n) is 2.02. The standard InChI is InChI=1S/C16H12F3NO2/c1-21-13-5-11(6-14(8-13)22-2)15-7-12(16(17,18)19)4-3-10(15)9-20/h3-8H,1-2H3. The number of hydrogen-bond acceptors (Lipinski definition) is 3. The van der Waals surface area contributed by atoms with Gasteiger partial charge in [-0.25, -0.2) is 0 Å². The average molecular weight is 307 g/mol. The van der Waals surface area contributed by atoms with Crippen LogP contribution in [0.3, 0.4) is 0 Å². The minimum Gasteiger partial charge on any atom is -0.497 e. The van der Waals surface area contributed by atoms with Gasteiger partial charge in [-0.1, -0.05) is 0 Å². The van der Waals surface area contributed by atoms with Crippen molar-refractivity contribution in [3.63, 3.8) is 0 Å². The van der Waals surface area contributed by atoms with Crippen molar-refractivity contribution in [1.82, 2.24) is 0 Å². The second-order valence-corrected chi connectivity index (χ2v) is 4.47. The van der Waals surface area contributed by atoms with Crippen LogP contribution in [0.15, 0.2) is 36.4 Å². The molecule has 2 aromatic rings. The minimum atomic E-state index is -4.48. The maximum absolute atomic E-state index is 12.9. The molecule has 0 spiro atoms. The van der Waals surface area contributed by atoms with E-state index in [1.54, 1.807) is 18.2 Å². The first-order valence-corrected chi connectivity index (χ1v) is 6.24. The van der Waals surface area contributed by atoms with Gasteiger partial charge in [0.25, 0.3) is 0 Å². The van der Waals surface area contributed by atoms with Gasteiger partial charge in [0.05, 0.1) is 31.4 Å². The van der Waals surface area contributed by atoms with Crippen LogP contribution in [0.25, 0.3) is 11.1 Å². The average Bonchev–Trinajstić information content (AvgIpc) is 2.52. The highest BCUT2D eigenvalue weighted by Crippen LogP contribution is 2.36. The molecular formula is C16H12F3NO2. The Morgan fingerprint density at radius 1 is 0.955 bits per heavy atom. The molecule has 0 amide bonds. The molecule has 0 aliphatic rings. The number of rotatable bonds is 3. The molecule has 3 nitrogen and oxygen atoms in total. The van der Waals surface area contributed by atoms with Crippen molar-refractivity contribution < 1.29 is 22.6 Å². The summed E-state index contributed by atoms with van der Waals surface area (Å²) >= 11 is 0. The summed E-state index contributed by atoms with van der Waals surface area (Å²) in [5.41, 5.74) is -0.0834. The Labute approximate surface area is 125 Å². The van der Waals surface area contributed by atoms with E-state index in [1.165, 1.54) is 14.2 Å². The van der Waals surface area contributed by atoms with Crippen molar-refractivity contribution in [3.8, 4) is 28.7 Å². The maximum Gasteiger partial charge on any atom is 0.416 e. The van der Waals surface area contributed by atoms with Crippen LogP contribution < -0.4 is 9.47 Å². The van der Waals surface area contributed by atoms with Gasteiger partial charge in [-0.3, -0.25) is 0 Å². The Hall–Kier alpha value is -2.68. The van der Waals surface area contributed by atoms with Crippen LogP contribution in [-0.2, 0) is 6.18 Å². The fraction of sp³-hybridized carbons (Fsp3) is 0.188. The van der Waals surface area contributed by atoms with Gasteiger partial charge in [0, 0.05) is 11.6 Å². The molecule has 114 valence electrons. The van der Waals surface area contributed by atoms with Crippen molar-refractivity contribution in [2.45, 2.75) is 6.18 Å². The summed E-state index contributed by atoms with van der Waals surface area (Å²) in [6.45, 7) is 0. The number of benzene rings is 2. The summed E-state index contributed by atoms with van der Waals surface area (Å²) < 4.78 is 48.8. The first-order valence-electron chi connectivity index (χ1n) is 6.24. The van der Waals surface area contributed by atoms with Crippen molar-refractivity contribution >= 4 is 0 Å². The lowest BCUT2D eigenvalue weighted by atomic mass is 9.97. The number of ether oxygens (including phenoxy) is 2. The second-order valence-electron chi connectivity index (χ2n) is 4.47. The third kappa shape index (κ3) is 3.14. The molecule has 0 bridgehead atoms. The zero-order chi connectivity index (χ0) is 16.3. The van der Waals surface area contributed by atoms with Crippen LogP contribution in [-0.4, -0.2) is 14.2 Å². The summed E-state index contributed by atoms with van der Waals surface area (Å²) in [6, 6.07) is 9.60. The second kappa shape index (κ2) is 5.98. The van der Waals surface area contributed by atoms with Gasteiger partial charge in [-0.2, -0.15) is 18.4 Å². The maximum atomic E-state index is 12.9. The third-order valence-corrected chi connectivity index (χ3v) is 3.13. The van der Waals surface area contributed by atoms with E-state index in [0.29, 0.717) is 17.1 Å². The van der Waals surface area contributed by atoms with E-state index in [4.69, 9.17) is 14.7 Å². The molecule has 0 aliphatic carbocycles. The molecule has 22 heavy (non-hydrogen) atoms. The topological polar surface area (TPSA) is 42.2 Å². The molecule has 2 aromatic carbocycles. The van der Waals surface area contributed by atoms with Crippen molar-refractivity contribution in [2.75, 3.05) is 14.2 Å². The van der Waals surface area contributed by atoms with Crippen LogP contribution in [0.2, 0.25) is 0 Å². The monoisotopic (exact) mass is 307 g/mol. The predicted molar refractivity (Wildman–Crippen MR) is 74.7 cm³/mol. The van der Waals surface area contributed by atoms with E-state index in [1.807, 2.05) is 6.07 Å². The van der Waals surface area contributed by atoms with Crippen LogP contribution in [0.4, 0.5) is 13.2 Å². The first-order chi connectivity index (χ1) is 10.4. The van der Waals surface area contributed by atoms with E-state index >= 15 is 0 Å². The van der Waals surface area contributed by atoms with Gasteiger partial charge in [0.1, 0.15) is 11.5 Å². The zero-order valence-electron chi connectivity index (χ0n) is 11.9. The Kier molecular flexibility index (Phi) is 4.27. The van der Waals surface area contributed by atoms with Crippen molar-refractivity contribution in [1.29, 1.82) is 5.26 Å². The first kappa shape index (κ1) is 15.7. The number of methoxy groups -OCH3 is 2. The predicted octanol–water partition coefficient (Wildman–Crippen LogP) is 4.26. The van der Waals surface area contributed by atoms with Gasteiger partial charge in [-0.05, 0) is 35.9 Å². The Balaban J connectivity index is 2.67. The number of alkyl halides is 3. The zero-order valence-corrected chi connectivity index (χ0v) is 11.9. The number of nitriles is 1. The molecule has 0 aromatic heterocycles. The van der Waals surface area contributed by atoms with E-state index < -0.39 is 11.7 Å². The number of nitrogens with zero attached hydrogens (tertiary/aromatic N) is 1. The minimum absolute atomic E-state index is 0.142. The lowest BCUT2D eigenvalue weighted by Crippen LogP contribution is -2.05. The van der Waals surface area contributed by atoms with Gasteiger partial charge in [-0.15, -0.1) is 0 Å². The molecule has 0 atom stereocenters. The molecule has 0 fully saturated rings. The van der Waals surface area contributed by atoms with E-state index in [0.717, 1.165) is 18.2 Å². The Morgan fingerprint density at radius 2 is 1.55 bits per heavy atom. The molecule has 0 aliphatic heterocycles. The van der Waals surface area contributed by atoms with E-state index in [2.05, 4.69) is 0 Å². The highest BCUT2D eigenvalue weighted by molar-refractivity contribution is 5.73. The van der Waals surface area contributed by atoms with Crippen molar-refractivity contribution in [2.24, 2.45) is 0 Å². The van der Waals surface area contributed by atoms with Crippen molar-refractivity contribution in [3.05, 3.63) is 47.5 Å². The molecule has 0 saturated heterocycles. The molecular weight excluding hydrogens is 295 g/mol. The highest BCUT2D eigenvalue weighted by Gasteiger charge is 2.31. The smallest absolute Gasteiger partial charge is 0.416 e. The largest absolute Gasteiger partial charge is 0.497 e. The van der Waals surface area contributed by atoms with Crippen LogP contribution >= 0.6 is 0 Å². The molecule has 2 rings (SSSR count). The SMILES string of the molecule is COc1cc(OC)cc(-c2cc(C(F)(F)F)ccc2C#N)c1. The molecule has 0 saturated carbocycles. The molecule has 0 N–H and O–H groups in total. The Bertz CT molecular complexity index is 711. The molecule has 0 unspecified atom stereocenters. The van der Waals surface area contributed by atoms with Gasteiger partial charge in [0.15, 0.2) is 0 Å². The fourth-order valence-corrected chi connectivity index (χ4v) is 2.02. The molecule has 6 heteroatoms.